The van der Waals surface area contributed by atoms with Crippen LogP contribution < -0.4 is 0 Å². The van der Waals surface area contributed by atoms with Crippen molar-refractivity contribution in [3.8, 4) is 0 Å². The van der Waals surface area contributed by atoms with Gasteiger partial charge in [0.25, 0.3) is 0 Å². The Morgan fingerprint density at radius 3 is 2.62 bits per heavy atom. The third-order valence-electron chi connectivity index (χ3n) is 5.46. The summed E-state index contributed by atoms with van der Waals surface area (Å²) < 4.78 is 2.16. The topological polar surface area (TPSA) is 55.1 Å². The standard InChI is InChI=1S/C16H20N2O2.ClH/c1-15(2)13(8-9-16(15,3)14(19)20)18-10-17-11-6-4-5-7-12(11)18;/h4-7,10,13H,8-9H2,1-3H3,(H,19,20);1H. The Labute approximate surface area is 130 Å². The van der Waals surface area contributed by atoms with Gasteiger partial charge in [0.2, 0.25) is 0 Å². The van der Waals surface area contributed by atoms with E-state index in [1.807, 2.05) is 31.5 Å². The van der Waals surface area contributed by atoms with Crippen LogP contribution >= 0.6 is 12.4 Å². The van der Waals surface area contributed by atoms with Crippen LogP contribution in [0.3, 0.4) is 0 Å². The summed E-state index contributed by atoms with van der Waals surface area (Å²) in [5.41, 5.74) is 1.04. The third kappa shape index (κ3) is 2.04. The molecule has 2 atom stereocenters. The lowest BCUT2D eigenvalue weighted by Gasteiger charge is -2.39. The first-order valence-corrected chi connectivity index (χ1v) is 7.03. The van der Waals surface area contributed by atoms with Crippen LogP contribution in [0, 0.1) is 10.8 Å². The lowest BCUT2D eigenvalue weighted by Crippen LogP contribution is -2.41. The van der Waals surface area contributed by atoms with E-state index in [-0.39, 0.29) is 23.9 Å². The molecule has 1 N–H and O–H groups in total. The molecule has 114 valence electrons. The maximum absolute atomic E-state index is 11.7. The molecule has 2 aromatic rings. The highest BCUT2D eigenvalue weighted by molar-refractivity contribution is 5.85. The number of para-hydroxylation sites is 2. The molecule has 0 spiro atoms. The van der Waals surface area contributed by atoms with Crippen LogP contribution in [0.2, 0.25) is 0 Å². The fraction of sp³-hybridized carbons (Fsp3) is 0.500. The minimum Gasteiger partial charge on any atom is -0.481 e. The predicted octanol–water partition coefficient (Wildman–Crippen LogP) is 3.91. The maximum atomic E-state index is 11.7. The number of halogens is 1. The Morgan fingerprint density at radius 2 is 2.00 bits per heavy atom. The summed E-state index contributed by atoms with van der Waals surface area (Å²) in [4.78, 5) is 16.1. The molecule has 1 aliphatic rings. The Kier molecular flexibility index (Phi) is 3.79. The summed E-state index contributed by atoms with van der Waals surface area (Å²) in [6.45, 7) is 6.00. The van der Waals surface area contributed by atoms with Crippen molar-refractivity contribution in [3.63, 3.8) is 0 Å². The molecule has 1 aromatic carbocycles. The molecule has 1 heterocycles. The Hall–Kier alpha value is -1.55. The van der Waals surface area contributed by atoms with Crippen LogP contribution in [0.1, 0.15) is 39.7 Å². The highest BCUT2D eigenvalue weighted by Gasteiger charge is 2.56. The highest BCUT2D eigenvalue weighted by atomic mass is 35.5. The van der Waals surface area contributed by atoms with Crippen molar-refractivity contribution in [3.05, 3.63) is 30.6 Å². The number of hydrogen-bond acceptors (Lipinski definition) is 2. The van der Waals surface area contributed by atoms with Gasteiger partial charge in [0.05, 0.1) is 22.8 Å². The van der Waals surface area contributed by atoms with Gasteiger partial charge in [-0.05, 0) is 31.9 Å². The number of carboxylic acids is 1. The maximum Gasteiger partial charge on any atom is 0.309 e. The van der Waals surface area contributed by atoms with Gasteiger partial charge < -0.3 is 9.67 Å². The van der Waals surface area contributed by atoms with Crippen LogP contribution in [0.5, 0.6) is 0 Å². The van der Waals surface area contributed by atoms with Crippen molar-refractivity contribution in [2.45, 2.75) is 39.7 Å². The third-order valence-corrected chi connectivity index (χ3v) is 5.46. The monoisotopic (exact) mass is 308 g/mol. The summed E-state index contributed by atoms with van der Waals surface area (Å²) in [5, 5.41) is 9.61. The zero-order valence-corrected chi connectivity index (χ0v) is 13.4. The van der Waals surface area contributed by atoms with E-state index in [4.69, 9.17) is 0 Å². The zero-order chi connectivity index (χ0) is 14.5. The number of carbonyl (C=O) groups is 1. The van der Waals surface area contributed by atoms with Gasteiger partial charge in [-0.15, -0.1) is 12.4 Å². The van der Waals surface area contributed by atoms with Gasteiger partial charge in [0.15, 0.2) is 0 Å². The van der Waals surface area contributed by atoms with E-state index < -0.39 is 11.4 Å². The zero-order valence-electron chi connectivity index (χ0n) is 12.5. The second-order valence-electron chi connectivity index (χ2n) is 6.55. The minimum absolute atomic E-state index is 0. The van der Waals surface area contributed by atoms with Crippen LogP contribution in [-0.4, -0.2) is 20.6 Å². The molecule has 1 saturated carbocycles. The average molecular weight is 309 g/mol. The smallest absolute Gasteiger partial charge is 0.309 e. The average Bonchev–Trinajstić information content (AvgIpc) is 2.91. The number of hydrogen-bond donors (Lipinski definition) is 1. The summed E-state index contributed by atoms with van der Waals surface area (Å²) in [6.07, 6.45) is 3.42. The molecular weight excluding hydrogens is 288 g/mol. The second-order valence-corrected chi connectivity index (χ2v) is 6.55. The van der Waals surface area contributed by atoms with Crippen molar-refractivity contribution in [2.24, 2.45) is 10.8 Å². The van der Waals surface area contributed by atoms with Gasteiger partial charge in [0, 0.05) is 11.5 Å². The molecule has 21 heavy (non-hydrogen) atoms. The number of fused-ring (bicyclic) bond motifs is 1. The van der Waals surface area contributed by atoms with Crippen molar-refractivity contribution in [1.82, 2.24) is 9.55 Å². The van der Waals surface area contributed by atoms with Gasteiger partial charge in [-0.3, -0.25) is 4.79 Å². The van der Waals surface area contributed by atoms with E-state index in [1.165, 1.54) is 0 Å². The second kappa shape index (κ2) is 5.02. The number of benzene rings is 1. The number of imidazole rings is 1. The van der Waals surface area contributed by atoms with Crippen LogP contribution in [-0.2, 0) is 4.79 Å². The van der Waals surface area contributed by atoms with Crippen LogP contribution in [0.25, 0.3) is 11.0 Å². The first-order chi connectivity index (χ1) is 9.38. The molecule has 0 aliphatic heterocycles. The molecule has 0 saturated heterocycles. The van der Waals surface area contributed by atoms with Crippen molar-refractivity contribution >= 4 is 29.4 Å². The van der Waals surface area contributed by atoms with Crippen molar-refractivity contribution < 1.29 is 9.90 Å². The summed E-state index contributed by atoms with van der Waals surface area (Å²) in [5.74, 6) is -0.700. The molecule has 0 radical (unpaired) electrons. The molecule has 0 bridgehead atoms. The fourth-order valence-corrected chi connectivity index (χ4v) is 3.57. The van der Waals surface area contributed by atoms with E-state index >= 15 is 0 Å². The molecule has 1 aliphatic carbocycles. The van der Waals surface area contributed by atoms with E-state index in [0.29, 0.717) is 6.42 Å². The highest BCUT2D eigenvalue weighted by Crippen LogP contribution is 2.58. The lowest BCUT2D eigenvalue weighted by molar-refractivity contribution is -0.154. The SMILES string of the molecule is CC1(C(=O)O)CCC(n2cnc3ccccc32)C1(C)C.Cl. The van der Waals surface area contributed by atoms with Crippen LogP contribution in [0.15, 0.2) is 30.6 Å². The summed E-state index contributed by atoms with van der Waals surface area (Å²) >= 11 is 0. The van der Waals surface area contributed by atoms with Gasteiger partial charge in [0.1, 0.15) is 0 Å². The van der Waals surface area contributed by atoms with Gasteiger partial charge in [-0.1, -0.05) is 26.0 Å². The molecule has 0 amide bonds. The number of rotatable bonds is 2. The Morgan fingerprint density at radius 1 is 1.33 bits per heavy atom. The van der Waals surface area contributed by atoms with E-state index in [1.54, 1.807) is 0 Å². The van der Waals surface area contributed by atoms with E-state index in [9.17, 15) is 9.90 Å². The molecule has 1 fully saturated rings. The largest absolute Gasteiger partial charge is 0.481 e. The number of aromatic nitrogens is 2. The molecule has 3 rings (SSSR count). The molecule has 2 unspecified atom stereocenters. The summed E-state index contributed by atoms with van der Waals surface area (Å²) in [6, 6.07) is 8.18. The first-order valence-electron chi connectivity index (χ1n) is 7.03. The number of aliphatic carboxylic acids is 1. The van der Waals surface area contributed by atoms with E-state index in [2.05, 4.69) is 29.5 Å². The minimum atomic E-state index is -0.700. The molecule has 1 aromatic heterocycles. The van der Waals surface area contributed by atoms with Crippen molar-refractivity contribution in [2.75, 3.05) is 0 Å². The van der Waals surface area contributed by atoms with E-state index in [0.717, 1.165) is 17.5 Å². The molecular formula is C16H21ClN2O2. The van der Waals surface area contributed by atoms with Gasteiger partial charge in [-0.2, -0.15) is 0 Å². The molecule has 4 nitrogen and oxygen atoms in total. The normalized spacial score (nSPS) is 27.5. The van der Waals surface area contributed by atoms with Gasteiger partial charge in [-0.25, -0.2) is 4.98 Å². The lowest BCUT2D eigenvalue weighted by atomic mass is 9.67. The Bertz CT molecular complexity index is 680. The van der Waals surface area contributed by atoms with Gasteiger partial charge >= 0.3 is 5.97 Å². The van der Waals surface area contributed by atoms with Crippen LogP contribution in [0.4, 0.5) is 0 Å². The molecule has 5 heteroatoms. The number of nitrogens with zero attached hydrogens (tertiary/aromatic N) is 2. The first kappa shape index (κ1) is 15.8. The summed E-state index contributed by atoms with van der Waals surface area (Å²) in [7, 11) is 0. The fourth-order valence-electron chi connectivity index (χ4n) is 3.57. The Balaban J connectivity index is 0.00000161. The van der Waals surface area contributed by atoms with Crippen molar-refractivity contribution in [1.29, 1.82) is 0 Å². The predicted molar refractivity (Wildman–Crippen MR) is 84.8 cm³/mol. The number of carboxylic acid groups (broad SMARTS) is 1. The quantitative estimate of drug-likeness (QED) is 0.915.